The molecule has 0 aromatic heterocycles. The van der Waals surface area contributed by atoms with Crippen molar-refractivity contribution in [2.24, 2.45) is 11.8 Å². The van der Waals surface area contributed by atoms with Gasteiger partial charge in [-0.1, -0.05) is 62.4 Å². The summed E-state index contributed by atoms with van der Waals surface area (Å²) in [4.78, 5) is 0. The summed E-state index contributed by atoms with van der Waals surface area (Å²) in [5, 5.41) is 0. The molecule has 0 radical (unpaired) electrons. The quantitative estimate of drug-likeness (QED) is 0.620. The molecule has 18 heavy (non-hydrogen) atoms. The van der Waals surface area contributed by atoms with Crippen LogP contribution in [0.5, 0.6) is 0 Å². The summed E-state index contributed by atoms with van der Waals surface area (Å²) < 4.78 is 0. The van der Waals surface area contributed by atoms with Gasteiger partial charge in [-0.15, -0.1) is 0 Å². The van der Waals surface area contributed by atoms with E-state index in [-0.39, 0.29) is 0 Å². The third-order valence-electron chi connectivity index (χ3n) is 4.38. The number of fused-ring (bicyclic) bond motifs is 3. The zero-order valence-corrected chi connectivity index (χ0v) is 11.2. The number of hydrogen-bond donors (Lipinski definition) is 0. The molecule has 3 rings (SSSR count). The Morgan fingerprint density at radius 2 is 1.06 bits per heavy atom. The predicted molar refractivity (Wildman–Crippen MR) is 77.6 cm³/mol. The molecule has 92 valence electrons. The molecule has 0 saturated carbocycles. The van der Waals surface area contributed by atoms with Crippen molar-refractivity contribution in [1.82, 2.24) is 0 Å². The monoisotopic (exact) mass is 236 g/mol. The first-order valence-corrected chi connectivity index (χ1v) is 6.92. The summed E-state index contributed by atoms with van der Waals surface area (Å²) in [6.45, 7) is 4.77. The standard InChI is InChI=1S/C18H20/c1-13-11-15-7-3-5-9-17(15)18-10-6-4-8-16(18)12-14(13)2/h3-10,13-14H,11-12H2,1-2H3. The van der Waals surface area contributed by atoms with Crippen LogP contribution < -0.4 is 0 Å². The van der Waals surface area contributed by atoms with Crippen LogP contribution in [0.25, 0.3) is 11.1 Å². The second kappa shape index (κ2) is 4.61. The molecule has 0 fully saturated rings. The number of benzene rings is 2. The predicted octanol–water partition coefficient (Wildman–Crippen LogP) is 4.72. The first kappa shape index (κ1) is 11.5. The number of rotatable bonds is 0. The van der Waals surface area contributed by atoms with Crippen molar-refractivity contribution < 1.29 is 0 Å². The van der Waals surface area contributed by atoms with Gasteiger partial charge in [-0.25, -0.2) is 0 Å². The van der Waals surface area contributed by atoms with Crippen molar-refractivity contribution in [1.29, 1.82) is 0 Å². The van der Waals surface area contributed by atoms with E-state index in [1.807, 2.05) is 0 Å². The topological polar surface area (TPSA) is 0 Å². The van der Waals surface area contributed by atoms with E-state index in [1.54, 1.807) is 0 Å². The summed E-state index contributed by atoms with van der Waals surface area (Å²) in [7, 11) is 0. The molecule has 0 bridgehead atoms. The van der Waals surface area contributed by atoms with Gasteiger partial charge in [0.25, 0.3) is 0 Å². The van der Waals surface area contributed by atoms with E-state index < -0.39 is 0 Å². The normalized spacial score (nSPS) is 22.6. The molecule has 0 nitrogen and oxygen atoms in total. The molecule has 0 amide bonds. The molecule has 1 aliphatic rings. The lowest BCUT2D eigenvalue weighted by atomic mass is 9.79. The zero-order valence-electron chi connectivity index (χ0n) is 11.2. The van der Waals surface area contributed by atoms with Gasteiger partial charge in [0.15, 0.2) is 0 Å². The Morgan fingerprint density at radius 3 is 1.50 bits per heavy atom. The van der Waals surface area contributed by atoms with E-state index in [2.05, 4.69) is 62.4 Å². The van der Waals surface area contributed by atoms with E-state index in [4.69, 9.17) is 0 Å². The maximum atomic E-state index is 2.38. The summed E-state index contributed by atoms with van der Waals surface area (Å²) in [6, 6.07) is 17.8. The molecule has 0 heterocycles. The van der Waals surface area contributed by atoms with E-state index in [0.29, 0.717) is 0 Å². The third-order valence-corrected chi connectivity index (χ3v) is 4.38. The van der Waals surface area contributed by atoms with E-state index in [0.717, 1.165) is 11.8 Å². The smallest absolute Gasteiger partial charge is 0.0149 e. The van der Waals surface area contributed by atoms with Gasteiger partial charge in [0, 0.05) is 0 Å². The molecule has 1 aliphatic carbocycles. The molecule has 0 spiro atoms. The van der Waals surface area contributed by atoms with Crippen LogP contribution in [0, 0.1) is 11.8 Å². The van der Waals surface area contributed by atoms with Crippen molar-refractivity contribution in [2.75, 3.05) is 0 Å². The van der Waals surface area contributed by atoms with Crippen LogP contribution in [0.2, 0.25) is 0 Å². The van der Waals surface area contributed by atoms with Crippen molar-refractivity contribution in [3.05, 3.63) is 59.7 Å². The van der Waals surface area contributed by atoms with Gasteiger partial charge >= 0.3 is 0 Å². The Hall–Kier alpha value is -1.56. The summed E-state index contributed by atoms with van der Waals surface area (Å²) in [6.07, 6.45) is 2.40. The Bertz CT molecular complexity index is 502. The Labute approximate surface area is 110 Å². The van der Waals surface area contributed by atoms with Crippen molar-refractivity contribution in [3.63, 3.8) is 0 Å². The second-order valence-corrected chi connectivity index (χ2v) is 5.68. The van der Waals surface area contributed by atoms with Crippen LogP contribution in [-0.4, -0.2) is 0 Å². The second-order valence-electron chi connectivity index (χ2n) is 5.68. The lowest BCUT2D eigenvalue weighted by Crippen LogP contribution is -2.16. The van der Waals surface area contributed by atoms with E-state index in [1.165, 1.54) is 35.1 Å². The van der Waals surface area contributed by atoms with E-state index >= 15 is 0 Å². The van der Waals surface area contributed by atoms with Gasteiger partial charge in [0.05, 0.1) is 0 Å². The molecule has 0 aliphatic heterocycles. The van der Waals surface area contributed by atoms with Crippen molar-refractivity contribution >= 4 is 0 Å². The molecular weight excluding hydrogens is 216 g/mol. The minimum Gasteiger partial charge on any atom is -0.0620 e. The van der Waals surface area contributed by atoms with Crippen LogP contribution in [-0.2, 0) is 12.8 Å². The van der Waals surface area contributed by atoms with Gasteiger partial charge in [-0.05, 0) is 46.9 Å². The highest BCUT2D eigenvalue weighted by atomic mass is 14.2. The fraction of sp³-hybridized carbons (Fsp3) is 0.333. The highest BCUT2D eigenvalue weighted by Gasteiger charge is 2.20. The van der Waals surface area contributed by atoms with Crippen LogP contribution in [0.4, 0.5) is 0 Å². The third kappa shape index (κ3) is 1.96. The summed E-state index contributed by atoms with van der Waals surface area (Å²) in [5.41, 5.74) is 5.88. The van der Waals surface area contributed by atoms with Crippen LogP contribution in [0.15, 0.2) is 48.5 Å². The maximum Gasteiger partial charge on any atom is -0.0149 e. The van der Waals surface area contributed by atoms with Crippen molar-refractivity contribution in [2.45, 2.75) is 26.7 Å². The Morgan fingerprint density at radius 1 is 0.667 bits per heavy atom. The Kier molecular flexibility index (Phi) is 2.95. The average Bonchev–Trinajstić information content (AvgIpc) is 2.39. The summed E-state index contributed by atoms with van der Waals surface area (Å²) in [5.74, 6) is 1.50. The van der Waals surface area contributed by atoms with Crippen LogP contribution in [0.1, 0.15) is 25.0 Å². The first-order chi connectivity index (χ1) is 8.75. The van der Waals surface area contributed by atoms with Gasteiger partial charge in [-0.2, -0.15) is 0 Å². The molecule has 0 N–H and O–H groups in total. The number of hydrogen-bond acceptors (Lipinski definition) is 0. The van der Waals surface area contributed by atoms with Gasteiger partial charge in [0.1, 0.15) is 0 Å². The highest BCUT2D eigenvalue weighted by molar-refractivity contribution is 5.71. The Balaban J connectivity index is 2.21. The molecule has 2 unspecified atom stereocenters. The lowest BCUT2D eigenvalue weighted by molar-refractivity contribution is 0.382. The molecule has 2 atom stereocenters. The summed E-state index contributed by atoms with van der Waals surface area (Å²) >= 11 is 0. The fourth-order valence-electron chi connectivity index (χ4n) is 3.02. The first-order valence-electron chi connectivity index (χ1n) is 6.92. The molecular formula is C18H20. The van der Waals surface area contributed by atoms with Crippen LogP contribution in [0.3, 0.4) is 0 Å². The zero-order chi connectivity index (χ0) is 12.5. The molecule has 2 aromatic carbocycles. The highest BCUT2D eigenvalue weighted by Crippen LogP contribution is 2.35. The molecule has 0 heteroatoms. The minimum atomic E-state index is 0.750. The largest absolute Gasteiger partial charge is 0.0620 e. The SMILES string of the molecule is CC1Cc2ccccc2-c2ccccc2CC1C. The molecule has 2 aromatic rings. The van der Waals surface area contributed by atoms with Crippen molar-refractivity contribution in [3.8, 4) is 11.1 Å². The minimum absolute atomic E-state index is 0.750. The fourth-order valence-corrected chi connectivity index (χ4v) is 3.02. The van der Waals surface area contributed by atoms with Gasteiger partial charge in [0.2, 0.25) is 0 Å². The maximum absolute atomic E-state index is 2.38. The van der Waals surface area contributed by atoms with Crippen LogP contribution >= 0.6 is 0 Å². The van der Waals surface area contributed by atoms with Gasteiger partial charge < -0.3 is 0 Å². The lowest BCUT2D eigenvalue weighted by Gasteiger charge is -2.26. The van der Waals surface area contributed by atoms with Gasteiger partial charge in [-0.3, -0.25) is 0 Å². The average molecular weight is 236 g/mol. The molecule has 0 saturated heterocycles. The van der Waals surface area contributed by atoms with E-state index in [9.17, 15) is 0 Å².